The summed E-state index contributed by atoms with van der Waals surface area (Å²) in [5.41, 5.74) is 0.674. The highest BCUT2D eigenvalue weighted by atomic mass is 16.6. The summed E-state index contributed by atoms with van der Waals surface area (Å²) in [6.45, 7) is 1.82. The highest BCUT2D eigenvalue weighted by molar-refractivity contribution is 6.24. The Morgan fingerprint density at radius 1 is 1.12 bits per heavy atom. The zero-order chi connectivity index (χ0) is 24.2. The second kappa shape index (κ2) is 9.49. The summed E-state index contributed by atoms with van der Waals surface area (Å²) < 4.78 is 5.73. The van der Waals surface area contributed by atoms with Crippen LogP contribution in [-0.2, 0) is 17.9 Å². The van der Waals surface area contributed by atoms with Gasteiger partial charge in [-0.2, -0.15) is 0 Å². The Labute approximate surface area is 194 Å². The Morgan fingerprint density at radius 2 is 1.91 bits per heavy atom. The highest BCUT2D eigenvalue weighted by Gasteiger charge is 2.44. The van der Waals surface area contributed by atoms with Gasteiger partial charge < -0.3 is 10.1 Å². The zero-order valence-corrected chi connectivity index (χ0v) is 18.1. The molecule has 0 saturated carbocycles. The van der Waals surface area contributed by atoms with Crippen molar-refractivity contribution in [2.45, 2.75) is 26.1 Å². The Bertz CT molecular complexity index is 1280. The SMILES string of the molecule is CC(C(=O)NCc1cccc(OCc2ccccn2)c1)N1C(=O)c2cccc([N+](=O)[O-])c2C1=O. The number of amides is 3. The van der Waals surface area contributed by atoms with Gasteiger partial charge in [-0.05, 0) is 42.8 Å². The van der Waals surface area contributed by atoms with E-state index in [0.717, 1.165) is 22.2 Å². The van der Waals surface area contributed by atoms with Gasteiger partial charge in [-0.3, -0.25) is 34.4 Å². The first-order valence-corrected chi connectivity index (χ1v) is 10.4. The average molecular weight is 460 g/mol. The topological polar surface area (TPSA) is 132 Å². The normalized spacial score (nSPS) is 13.4. The lowest BCUT2D eigenvalue weighted by atomic mass is 10.1. The zero-order valence-electron chi connectivity index (χ0n) is 18.1. The molecule has 34 heavy (non-hydrogen) atoms. The molecule has 0 aliphatic carbocycles. The molecule has 10 heteroatoms. The van der Waals surface area contributed by atoms with Crippen LogP contribution in [-0.4, -0.2) is 38.6 Å². The van der Waals surface area contributed by atoms with E-state index in [2.05, 4.69) is 10.3 Å². The van der Waals surface area contributed by atoms with Crippen LogP contribution in [0.25, 0.3) is 0 Å². The summed E-state index contributed by atoms with van der Waals surface area (Å²) in [4.78, 5) is 53.7. The number of carbonyl (C=O) groups is 3. The quantitative estimate of drug-likeness (QED) is 0.311. The number of imide groups is 1. The molecule has 3 aromatic rings. The standard InChI is InChI=1S/C24H20N4O6/c1-15(27-23(30)19-9-5-10-20(28(32)33)21(19)24(27)31)22(29)26-13-16-6-4-8-18(12-16)34-14-17-7-2-3-11-25-17/h2-12,15H,13-14H2,1H3,(H,26,29). The first kappa shape index (κ1) is 22.6. The van der Waals surface area contributed by atoms with E-state index in [9.17, 15) is 24.5 Å². The molecule has 4 rings (SSSR count). The Kier molecular flexibility index (Phi) is 6.30. The summed E-state index contributed by atoms with van der Waals surface area (Å²) in [6, 6.07) is 15.3. The fraction of sp³-hybridized carbons (Fsp3) is 0.167. The number of carbonyl (C=O) groups excluding carboxylic acids is 3. The molecular weight excluding hydrogens is 440 g/mol. The summed E-state index contributed by atoms with van der Waals surface area (Å²) in [6.07, 6.45) is 1.68. The number of ether oxygens (including phenoxy) is 1. The maximum absolute atomic E-state index is 12.8. The fourth-order valence-electron chi connectivity index (χ4n) is 3.63. The first-order chi connectivity index (χ1) is 16.4. The van der Waals surface area contributed by atoms with Crippen LogP contribution < -0.4 is 10.1 Å². The van der Waals surface area contributed by atoms with Gasteiger partial charge >= 0.3 is 0 Å². The van der Waals surface area contributed by atoms with Crippen molar-refractivity contribution in [3.63, 3.8) is 0 Å². The number of nitrogens with one attached hydrogen (secondary N) is 1. The van der Waals surface area contributed by atoms with Gasteiger partial charge in [-0.1, -0.05) is 24.3 Å². The molecule has 172 valence electrons. The number of fused-ring (bicyclic) bond motifs is 1. The van der Waals surface area contributed by atoms with Crippen molar-refractivity contribution in [2.75, 3.05) is 0 Å². The summed E-state index contributed by atoms with van der Waals surface area (Å²) in [7, 11) is 0. The molecule has 1 aliphatic rings. The van der Waals surface area contributed by atoms with Gasteiger partial charge in [-0.25, -0.2) is 0 Å². The predicted octanol–water partition coefficient (Wildman–Crippen LogP) is 2.87. The second-order valence-electron chi connectivity index (χ2n) is 7.59. The van der Waals surface area contributed by atoms with Crippen molar-refractivity contribution in [2.24, 2.45) is 0 Å². The molecule has 2 aromatic carbocycles. The molecule has 2 heterocycles. The van der Waals surface area contributed by atoms with Gasteiger partial charge in [0.25, 0.3) is 17.5 Å². The fourth-order valence-corrected chi connectivity index (χ4v) is 3.63. The lowest BCUT2D eigenvalue weighted by molar-refractivity contribution is -0.385. The van der Waals surface area contributed by atoms with E-state index in [1.54, 1.807) is 30.5 Å². The van der Waals surface area contributed by atoms with Crippen molar-refractivity contribution in [1.82, 2.24) is 15.2 Å². The van der Waals surface area contributed by atoms with E-state index in [0.29, 0.717) is 12.4 Å². The molecule has 0 bridgehead atoms. The van der Waals surface area contributed by atoms with Crippen molar-refractivity contribution in [1.29, 1.82) is 0 Å². The molecule has 10 nitrogen and oxygen atoms in total. The van der Waals surface area contributed by atoms with E-state index >= 15 is 0 Å². The molecule has 1 aliphatic heterocycles. The number of nitro groups is 1. The van der Waals surface area contributed by atoms with Crippen LogP contribution >= 0.6 is 0 Å². The van der Waals surface area contributed by atoms with Crippen LogP contribution in [0.15, 0.2) is 66.9 Å². The van der Waals surface area contributed by atoms with Crippen molar-refractivity contribution in [3.05, 3.63) is 99.4 Å². The van der Waals surface area contributed by atoms with Gasteiger partial charge in [0.1, 0.15) is 24.0 Å². The van der Waals surface area contributed by atoms with Crippen LogP contribution in [0, 0.1) is 10.1 Å². The minimum absolute atomic E-state index is 0.0865. The molecule has 1 aromatic heterocycles. The van der Waals surface area contributed by atoms with Crippen molar-refractivity contribution >= 4 is 23.4 Å². The van der Waals surface area contributed by atoms with E-state index in [1.807, 2.05) is 18.2 Å². The minimum Gasteiger partial charge on any atom is -0.487 e. The third-order valence-corrected chi connectivity index (χ3v) is 5.37. The lowest BCUT2D eigenvalue weighted by Crippen LogP contribution is -2.47. The van der Waals surface area contributed by atoms with Gasteiger partial charge in [-0.15, -0.1) is 0 Å². The van der Waals surface area contributed by atoms with E-state index in [-0.39, 0.29) is 17.7 Å². The van der Waals surface area contributed by atoms with Crippen LogP contribution in [0.2, 0.25) is 0 Å². The summed E-state index contributed by atoms with van der Waals surface area (Å²) in [5.74, 6) is -1.58. The minimum atomic E-state index is -1.16. The molecule has 0 radical (unpaired) electrons. The van der Waals surface area contributed by atoms with Crippen LogP contribution in [0.4, 0.5) is 5.69 Å². The highest BCUT2D eigenvalue weighted by Crippen LogP contribution is 2.31. The van der Waals surface area contributed by atoms with Crippen molar-refractivity contribution in [3.8, 4) is 5.75 Å². The average Bonchev–Trinajstić information content (AvgIpc) is 3.11. The Hall–Kier alpha value is -4.60. The van der Waals surface area contributed by atoms with Gasteiger partial charge in [0.2, 0.25) is 5.91 Å². The van der Waals surface area contributed by atoms with E-state index in [1.165, 1.54) is 19.1 Å². The Morgan fingerprint density at radius 3 is 2.65 bits per heavy atom. The number of nitrogens with zero attached hydrogens (tertiary/aromatic N) is 3. The van der Waals surface area contributed by atoms with Gasteiger partial charge in [0.15, 0.2) is 0 Å². The number of hydrogen-bond acceptors (Lipinski definition) is 7. The summed E-state index contributed by atoms with van der Waals surface area (Å²) in [5, 5.41) is 14.0. The number of aromatic nitrogens is 1. The molecule has 1 N–H and O–H groups in total. The van der Waals surface area contributed by atoms with Gasteiger partial charge in [0, 0.05) is 18.8 Å². The number of nitro benzene ring substituents is 1. The third kappa shape index (κ3) is 4.46. The van der Waals surface area contributed by atoms with Crippen LogP contribution in [0.1, 0.15) is 38.9 Å². The molecule has 1 unspecified atom stereocenters. The summed E-state index contributed by atoms with van der Waals surface area (Å²) >= 11 is 0. The van der Waals surface area contributed by atoms with E-state index < -0.39 is 34.4 Å². The molecule has 0 fully saturated rings. The van der Waals surface area contributed by atoms with E-state index in [4.69, 9.17) is 4.74 Å². The third-order valence-electron chi connectivity index (χ3n) is 5.37. The maximum Gasteiger partial charge on any atom is 0.282 e. The number of rotatable bonds is 8. The van der Waals surface area contributed by atoms with Gasteiger partial charge in [0.05, 0.1) is 16.2 Å². The molecular formula is C24H20N4O6. The monoisotopic (exact) mass is 460 g/mol. The number of benzene rings is 2. The second-order valence-corrected chi connectivity index (χ2v) is 7.59. The maximum atomic E-state index is 12.8. The van der Waals surface area contributed by atoms with Crippen molar-refractivity contribution < 1.29 is 24.0 Å². The Balaban J connectivity index is 1.40. The number of hydrogen-bond donors (Lipinski definition) is 1. The molecule has 0 saturated heterocycles. The largest absolute Gasteiger partial charge is 0.487 e. The molecule has 3 amide bonds. The lowest BCUT2D eigenvalue weighted by Gasteiger charge is -2.21. The number of pyridine rings is 1. The molecule has 1 atom stereocenters. The molecule has 0 spiro atoms. The van der Waals surface area contributed by atoms with Crippen LogP contribution in [0.5, 0.6) is 5.75 Å². The predicted molar refractivity (Wildman–Crippen MR) is 120 cm³/mol. The van der Waals surface area contributed by atoms with Crippen LogP contribution in [0.3, 0.4) is 0 Å². The first-order valence-electron chi connectivity index (χ1n) is 10.4. The smallest absolute Gasteiger partial charge is 0.282 e.